The van der Waals surface area contributed by atoms with Crippen LogP contribution in [-0.4, -0.2) is 57.0 Å². The van der Waals surface area contributed by atoms with Crippen LogP contribution in [0.2, 0.25) is 0 Å². The van der Waals surface area contributed by atoms with Crippen LogP contribution in [-0.2, 0) is 17.8 Å². The van der Waals surface area contributed by atoms with Crippen molar-refractivity contribution in [2.24, 2.45) is 0 Å². The summed E-state index contributed by atoms with van der Waals surface area (Å²) in [7, 11) is 0. The largest absolute Gasteiger partial charge is 0.573 e. The van der Waals surface area contributed by atoms with Gasteiger partial charge < -0.3 is 9.64 Å². The van der Waals surface area contributed by atoms with Gasteiger partial charge in [-0.05, 0) is 24.3 Å². The number of benzene rings is 2. The smallest absolute Gasteiger partial charge is 0.404 e. The maximum atomic E-state index is 13.8. The van der Waals surface area contributed by atoms with E-state index in [2.05, 4.69) is 4.74 Å². The molecule has 2 N–H and O–H groups in total. The monoisotopic (exact) mass is 461 g/mol. The van der Waals surface area contributed by atoms with E-state index in [0.717, 1.165) is 12.1 Å². The second-order valence-electron chi connectivity index (χ2n) is 6.77. The Morgan fingerprint density at radius 1 is 1.13 bits per heavy atom. The number of amides is 1. The first-order chi connectivity index (χ1) is 14.6. The van der Waals surface area contributed by atoms with Gasteiger partial charge in [0.25, 0.3) is 17.2 Å². The van der Waals surface area contributed by atoms with Crippen LogP contribution in [0.1, 0.15) is 15.9 Å². The Morgan fingerprint density at radius 3 is 2.42 bits per heavy atom. The van der Waals surface area contributed by atoms with Gasteiger partial charge in [-0.3, -0.25) is 19.0 Å². The van der Waals surface area contributed by atoms with E-state index in [0.29, 0.717) is 38.3 Å². The summed E-state index contributed by atoms with van der Waals surface area (Å²) in [6.07, 6.45) is -5.05. The van der Waals surface area contributed by atoms with E-state index in [4.69, 9.17) is 4.55 Å². The molecule has 1 saturated heterocycles. The molecule has 7 nitrogen and oxygen atoms in total. The van der Waals surface area contributed by atoms with Gasteiger partial charge in [0.05, 0.1) is 5.69 Å². The van der Waals surface area contributed by atoms with E-state index >= 15 is 0 Å². The molecule has 1 atom stereocenters. The topological polar surface area (TPSA) is 82.1 Å². The lowest BCUT2D eigenvalue weighted by atomic mass is 10.1. The van der Waals surface area contributed by atoms with Crippen LogP contribution in [0.15, 0.2) is 42.5 Å². The number of ether oxygens (including phenoxy) is 1. The molecule has 2 aromatic carbocycles. The SMILES string of the molecule is O=C(c1ccc(NS(=O)O)c(OC(F)(F)F)c1)N1CCN(Cc2ccccc2F)CC1. The van der Waals surface area contributed by atoms with Crippen LogP contribution < -0.4 is 9.46 Å². The highest BCUT2D eigenvalue weighted by Crippen LogP contribution is 2.32. The van der Waals surface area contributed by atoms with Crippen LogP contribution in [0.25, 0.3) is 0 Å². The first kappa shape index (κ1) is 23.0. The lowest BCUT2D eigenvalue weighted by Gasteiger charge is -2.35. The minimum atomic E-state index is -5.05. The maximum Gasteiger partial charge on any atom is 0.573 e. The Bertz CT molecular complexity index is 965. The van der Waals surface area contributed by atoms with Crippen molar-refractivity contribution in [2.75, 3.05) is 30.9 Å². The maximum absolute atomic E-state index is 13.8. The van der Waals surface area contributed by atoms with Gasteiger partial charge in [-0.15, -0.1) is 13.2 Å². The van der Waals surface area contributed by atoms with E-state index in [9.17, 15) is 26.6 Å². The molecule has 1 aliphatic rings. The van der Waals surface area contributed by atoms with E-state index < -0.39 is 29.3 Å². The van der Waals surface area contributed by atoms with Crippen LogP contribution in [0, 0.1) is 5.82 Å². The lowest BCUT2D eigenvalue weighted by Crippen LogP contribution is -2.48. The molecule has 0 aliphatic carbocycles. The van der Waals surface area contributed by atoms with Crippen molar-refractivity contribution in [1.29, 1.82) is 0 Å². The molecule has 0 spiro atoms. The Morgan fingerprint density at radius 2 is 1.81 bits per heavy atom. The average Bonchev–Trinajstić information content (AvgIpc) is 2.70. The predicted molar refractivity (Wildman–Crippen MR) is 105 cm³/mol. The summed E-state index contributed by atoms with van der Waals surface area (Å²) >= 11 is -2.62. The zero-order valence-electron chi connectivity index (χ0n) is 16.1. The normalized spacial score (nSPS) is 16.1. The van der Waals surface area contributed by atoms with Crippen LogP contribution in [0.3, 0.4) is 0 Å². The van der Waals surface area contributed by atoms with Gasteiger partial charge >= 0.3 is 6.36 Å². The molecule has 3 rings (SSSR count). The molecule has 1 unspecified atom stereocenters. The number of anilines is 1. The number of hydrogen-bond acceptors (Lipinski definition) is 4. The number of alkyl halides is 3. The van der Waals surface area contributed by atoms with Crippen molar-refractivity contribution in [3.8, 4) is 5.75 Å². The summed E-state index contributed by atoms with van der Waals surface area (Å²) in [5, 5.41) is 0. The van der Waals surface area contributed by atoms with Crippen molar-refractivity contribution >= 4 is 22.9 Å². The van der Waals surface area contributed by atoms with Gasteiger partial charge in [-0.1, -0.05) is 18.2 Å². The van der Waals surface area contributed by atoms with Crippen LogP contribution in [0.5, 0.6) is 5.75 Å². The van der Waals surface area contributed by atoms with E-state index in [1.54, 1.807) is 18.2 Å². The molecule has 2 aromatic rings. The van der Waals surface area contributed by atoms with Crippen molar-refractivity contribution in [1.82, 2.24) is 9.80 Å². The lowest BCUT2D eigenvalue weighted by molar-refractivity contribution is -0.274. The Labute approximate surface area is 178 Å². The summed E-state index contributed by atoms with van der Waals surface area (Å²) in [4.78, 5) is 16.2. The highest BCUT2D eigenvalue weighted by atomic mass is 32.2. The number of halogens is 4. The van der Waals surface area contributed by atoms with Gasteiger partial charge in [-0.2, -0.15) is 0 Å². The summed E-state index contributed by atoms with van der Waals surface area (Å²) < 4.78 is 77.4. The standard InChI is InChI=1S/C19H19F4N3O4S/c20-15-4-2-1-3-14(15)12-25-7-9-26(10-8-25)18(27)13-5-6-16(24-31(28)29)17(11-13)30-19(21,22)23/h1-6,11,24H,7-10,12H2,(H,28,29). The summed E-state index contributed by atoms with van der Waals surface area (Å²) in [5.74, 6) is -1.61. The molecule has 1 amide bonds. The number of piperazine rings is 1. The van der Waals surface area contributed by atoms with Crippen LogP contribution in [0.4, 0.5) is 23.2 Å². The van der Waals surface area contributed by atoms with Gasteiger partial charge in [0.1, 0.15) is 5.82 Å². The molecule has 0 radical (unpaired) electrons. The number of nitrogens with one attached hydrogen (secondary N) is 1. The van der Waals surface area contributed by atoms with Crippen molar-refractivity contribution in [3.63, 3.8) is 0 Å². The minimum absolute atomic E-state index is 0.0592. The third-order valence-electron chi connectivity index (χ3n) is 4.66. The first-order valence-electron chi connectivity index (χ1n) is 9.15. The molecular weight excluding hydrogens is 442 g/mol. The van der Waals surface area contributed by atoms with Gasteiger partial charge in [0.2, 0.25) is 0 Å². The van der Waals surface area contributed by atoms with Gasteiger partial charge in [0.15, 0.2) is 5.75 Å². The van der Waals surface area contributed by atoms with Crippen molar-refractivity contribution < 1.29 is 35.9 Å². The third-order valence-corrected chi connectivity index (χ3v) is 5.06. The quantitative estimate of drug-likeness (QED) is 0.510. The third kappa shape index (κ3) is 6.39. The molecule has 1 fully saturated rings. The molecule has 0 bridgehead atoms. The number of carbonyl (C=O) groups excluding carboxylic acids is 1. The Kier molecular flexibility index (Phi) is 7.13. The molecule has 1 heterocycles. The average molecular weight is 461 g/mol. The predicted octanol–water partition coefficient (Wildman–Crippen LogP) is 3.23. The number of hydrogen-bond donors (Lipinski definition) is 2. The molecule has 31 heavy (non-hydrogen) atoms. The van der Waals surface area contributed by atoms with Gasteiger partial charge in [0, 0.05) is 43.9 Å². The molecule has 0 saturated carbocycles. The fourth-order valence-electron chi connectivity index (χ4n) is 3.20. The Hall–Kier alpha value is -2.70. The molecule has 0 aromatic heterocycles. The molecule has 12 heteroatoms. The summed E-state index contributed by atoms with van der Waals surface area (Å²) in [5.41, 5.74) is 0.0982. The van der Waals surface area contributed by atoms with E-state index in [1.807, 2.05) is 9.62 Å². The van der Waals surface area contributed by atoms with Crippen molar-refractivity contribution in [3.05, 3.63) is 59.4 Å². The fraction of sp³-hybridized carbons (Fsp3) is 0.316. The highest BCUT2D eigenvalue weighted by Gasteiger charge is 2.33. The number of rotatable bonds is 6. The second-order valence-corrected chi connectivity index (χ2v) is 7.47. The zero-order valence-corrected chi connectivity index (χ0v) is 16.9. The highest BCUT2D eigenvalue weighted by molar-refractivity contribution is 7.80. The minimum Gasteiger partial charge on any atom is -0.404 e. The van der Waals surface area contributed by atoms with Crippen molar-refractivity contribution in [2.45, 2.75) is 12.9 Å². The second kappa shape index (κ2) is 9.62. The summed E-state index contributed by atoms with van der Waals surface area (Å²) in [6, 6.07) is 9.58. The van der Waals surface area contributed by atoms with Crippen LogP contribution >= 0.6 is 0 Å². The van der Waals surface area contributed by atoms with Gasteiger partial charge in [-0.25, -0.2) is 8.60 Å². The fourth-order valence-corrected chi connectivity index (χ4v) is 3.56. The molecular formula is C19H19F4N3O4S. The Balaban J connectivity index is 1.68. The first-order valence-corrected chi connectivity index (χ1v) is 10.3. The zero-order chi connectivity index (χ0) is 22.6. The molecule has 1 aliphatic heterocycles. The molecule has 168 valence electrons. The van der Waals surface area contributed by atoms with E-state index in [-0.39, 0.29) is 17.1 Å². The number of nitrogens with zero attached hydrogens (tertiary/aromatic N) is 2. The van der Waals surface area contributed by atoms with E-state index in [1.165, 1.54) is 17.0 Å². The summed E-state index contributed by atoms with van der Waals surface area (Å²) in [6.45, 7) is 1.94. The number of carbonyl (C=O) groups is 1.